The molecule has 0 spiro atoms. The van der Waals surface area contributed by atoms with Crippen LogP contribution in [0.4, 0.5) is 4.39 Å². The van der Waals surface area contributed by atoms with Gasteiger partial charge in [0, 0.05) is 11.1 Å². The van der Waals surface area contributed by atoms with Gasteiger partial charge in [-0.3, -0.25) is 0 Å². The second-order valence-electron chi connectivity index (χ2n) is 5.77. The molecule has 128 valence electrons. The molecule has 24 heavy (non-hydrogen) atoms. The van der Waals surface area contributed by atoms with Gasteiger partial charge in [-0.2, -0.15) is 4.31 Å². The fraction of sp³-hybridized carbons (Fsp3) is 0.294. The number of rotatable bonds is 4. The highest BCUT2D eigenvalue weighted by Crippen LogP contribution is 2.40. The van der Waals surface area contributed by atoms with E-state index in [2.05, 4.69) is 0 Å². The van der Waals surface area contributed by atoms with Crippen molar-refractivity contribution in [1.82, 2.24) is 4.31 Å². The highest BCUT2D eigenvalue weighted by molar-refractivity contribution is 7.89. The van der Waals surface area contributed by atoms with Crippen LogP contribution in [-0.2, 0) is 10.0 Å². The van der Waals surface area contributed by atoms with Gasteiger partial charge in [-0.1, -0.05) is 23.7 Å². The first-order valence-electron chi connectivity index (χ1n) is 7.59. The summed E-state index contributed by atoms with van der Waals surface area (Å²) in [5.74, 6) is -0.413. The van der Waals surface area contributed by atoms with Gasteiger partial charge in [-0.15, -0.1) is 0 Å². The van der Waals surface area contributed by atoms with Crippen molar-refractivity contribution in [3.05, 3.63) is 64.9 Å². The molecule has 1 fully saturated rings. The molecule has 1 aliphatic heterocycles. The quantitative estimate of drug-likeness (QED) is 0.899. The molecule has 4 nitrogen and oxygen atoms in total. The van der Waals surface area contributed by atoms with Crippen molar-refractivity contribution in [3.8, 4) is 0 Å². The Morgan fingerprint density at radius 2 is 1.88 bits per heavy atom. The summed E-state index contributed by atoms with van der Waals surface area (Å²) in [4.78, 5) is 0.105. The molecule has 2 atom stereocenters. The van der Waals surface area contributed by atoms with E-state index >= 15 is 0 Å². The number of aliphatic hydroxyl groups excluding tert-OH is 1. The van der Waals surface area contributed by atoms with Gasteiger partial charge < -0.3 is 5.11 Å². The number of hydrogen-bond acceptors (Lipinski definition) is 3. The van der Waals surface area contributed by atoms with Crippen molar-refractivity contribution in [2.75, 3.05) is 6.61 Å². The van der Waals surface area contributed by atoms with Crippen LogP contribution in [0.15, 0.2) is 53.4 Å². The summed E-state index contributed by atoms with van der Waals surface area (Å²) in [5.41, 5.74) is 0.587. The van der Waals surface area contributed by atoms with Crippen molar-refractivity contribution >= 4 is 21.6 Å². The monoisotopic (exact) mass is 369 g/mol. The zero-order valence-corrected chi connectivity index (χ0v) is 14.3. The van der Waals surface area contributed by atoms with Crippen molar-refractivity contribution in [1.29, 1.82) is 0 Å². The summed E-state index contributed by atoms with van der Waals surface area (Å²) >= 11 is 5.83. The molecule has 0 bridgehead atoms. The van der Waals surface area contributed by atoms with Crippen LogP contribution >= 0.6 is 11.6 Å². The van der Waals surface area contributed by atoms with Gasteiger partial charge >= 0.3 is 0 Å². The molecule has 2 unspecified atom stereocenters. The minimum absolute atomic E-state index is 0.105. The molecule has 1 aliphatic rings. The maximum atomic E-state index is 13.6. The van der Waals surface area contributed by atoms with Crippen molar-refractivity contribution in [3.63, 3.8) is 0 Å². The van der Waals surface area contributed by atoms with E-state index in [1.165, 1.54) is 40.7 Å². The SMILES string of the molecule is O=S(=O)(c1ccc(Cl)cc1)N1C(CO)CCC1c1cccc(F)c1. The minimum atomic E-state index is -3.83. The van der Waals surface area contributed by atoms with Crippen LogP contribution in [0.1, 0.15) is 24.4 Å². The lowest BCUT2D eigenvalue weighted by Gasteiger charge is -2.29. The Morgan fingerprint density at radius 1 is 1.17 bits per heavy atom. The summed E-state index contributed by atoms with van der Waals surface area (Å²) in [5, 5.41) is 10.0. The van der Waals surface area contributed by atoms with E-state index in [9.17, 15) is 17.9 Å². The van der Waals surface area contributed by atoms with E-state index in [4.69, 9.17) is 11.6 Å². The van der Waals surface area contributed by atoms with Crippen molar-refractivity contribution in [2.24, 2.45) is 0 Å². The Hall–Kier alpha value is -1.47. The van der Waals surface area contributed by atoms with Gasteiger partial charge in [0.05, 0.1) is 17.5 Å². The van der Waals surface area contributed by atoms with Gasteiger partial charge in [-0.25, -0.2) is 12.8 Å². The molecule has 2 aromatic rings. The fourth-order valence-electron chi connectivity index (χ4n) is 3.15. The van der Waals surface area contributed by atoms with Crippen molar-refractivity contribution < 1.29 is 17.9 Å². The van der Waals surface area contributed by atoms with Crippen LogP contribution < -0.4 is 0 Å². The zero-order valence-electron chi connectivity index (χ0n) is 12.8. The molecule has 0 aliphatic carbocycles. The summed E-state index contributed by atoms with van der Waals surface area (Å²) in [6.45, 7) is -0.279. The Bertz CT molecular complexity index is 826. The predicted octanol–water partition coefficient (Wildman–Crippen LogP) is 3.37. The molecule has 0 saturated carbocycles. The highest BCUT2D eigenvalue weighted by Gasteiger charge is 2.42. The molecule has 1 heterocycles. The lowest BCUT2D eigenvalue weighted by molar-refractivity contribution is 0.197. The molecule has 1 N–H and O–H groups in total. The Labute approximate surface area is 145 Å². The van der Waals surface area contributed by atoms with Crippen molar-refractivity contribution in [2.45, 2.75) is 29.8 Å². The Kier molecular flexibility index (Phi) is 4.92. The first kappa shape index (κ1) is 17.4. The van der Waals surface area contributed by atoms with Crippen LogP contribution in [0.25, 0.3) is 0 Å². The summed E-state index contributed by atoms with van der Waals surface area (Å²) in [6, 6.07) is 10.8. The second kappa shape index (κ2) is 6.80. The lowest BCUT2D eigenvalue weighted by Crippen LogP contribution is -2.39. The molecule has 2 aromatic carbocycles. The molecular weight excluding hydrogens is 353 g/mol. The average Bonchev–Trinajstić information content (AvgIpc) is 3.00. The lowest BCUT2D eigenvalue weighted by atomic mass is 10.1. The number of halogens is 2. The first-order valence-corrected chi connectivity index (χ1v) is 9.40. The molecule has 0 amide bonds. The Balaban J connectivity index is 2.04. The molecule has 1 saturated heterocycles. The second-order valence-corrected chi connectivity index (χ2v) is 8.05. The highest BCUT2D eigenvalue weighted by atomic mass is 35.5. The number of nitrogens with zero attached hydrogens (tertiary/aromatic N) is 1. The van der Waals surface area contributed by atoms with E-state index in [1.54, 1.807) is 12.1 Å². The molecular formula is C17H17ClFNO3S. The van der Waals surface area contributed by atoms with E-state index in [-0.39, 0.29) is 11.5 Å². The normalized spacial score (nSPS) is 22.0. The minimum Gasteiger partial charge on any atom is -0.395 e. The summed E-state index contributed by atoms with van der Waals surface area (Å²) in [6.07, 6.45) is 1.05. The van der Waals surface area contributed by atoms with E-state index in [0.29, 0.717) is 23.4 Å². The predicted molar refractivity (Wildman–Crippen MR) is 89.7 cm³/mol. The first-order chi connectivity index (χ1) is 11.4. The van der Waals surface area contributed by atoms with Crippen LogP contribution in [0, 0.1) is 5.82 Å². The maximum Gasteiger partial charge on any atom is 0.243 e. The van der Waals surface area contributed by atoms with Gasteiger partial charge in [0.1, 0.15) is 5.82 Å². The third kappa shape index (κ3) is 3.19. The summed E-state index contributed by atoms with van der Waals surface area (Å²) in [7, 11) is -3.83. The van der Waals surface area contributed by atoms with E-state index < -0.39 is 27.9 Å². The van der Waals surface area contributed by atoms with Gasteiger partial charge in [0.15, 0.2) is 0 Å². The Morgan fingerprint density at radius 3 is 2.50 bits per heavy atom. The summed E-state index contributed by atoms with van der Waals surface area (Å²) < 4.78 is 41.0. The molecule has 0 radical (unpaired) electrons. The smallest absolute Gasteiger partial charge is 0.243 e. The number of hydrogen-bond donors (Lipinski definition) is 1. The number of aliphatic hydroxyl groups is 1. The van der Waals surface area contributed by atoms with Crippen LogP contribution in [0.2, 0.25) is 5.02 Å². The van der Waals surface area contributed by atoms with E-state index in [1.807, 2.05) is 0 Å². The van der Waals surface area contributed by atoms with Crippen LogP contribution in [-0.4, -0.2) is 30.5 Å². The molecule has 7 heteroatoms. The number of benzene rings is 2. The zero-order chi connectivity index (χ0) is 17.3. The maximum absolute atomic E-state index is 13.6. The third-order valence-electron chi connectivity index (χ3n) is 4.27. The van der Waals surface area contributed by atoms with Gasteiger partial charge in [-0.05, 0) is 54.8 Å². The molecule has 0 aromatic heterocycles. The van der Waals surface area contributed by atoms with E-state index in [0.717, 1.165) is 0 Å². The van der Waals surface area contributed by atoms with Crippen LogP contribution in [0.5, 0.6) is 0 Å². The third-order valence-corrected chi connectivity index (χ3v) is 6.50. The standard InChI is InChI=1S/C17H17ClFNO3S/c18-13-4-7-16(8-5-13)24(22,23)20-15(11-21)6-9-17(20)12-2-1-3-14(19)10-12/h1-5,7-8,10,15,17,21H,6,9,11H2. The largest absolute Gasteiger partial charge is 0.395 e. The topological polar surface area (TPSA) is 57.6 Å². The van der Waals surface area contributed by atoms with Gasteiger partial charge in [0.25, 0.3) is 0 Å². The fourth-order valence-corrected chi connectivity index (χ4v) is 5.13. The average molecular weight is 370 g/mol. The number of sulfonamides is 1. The van der Waals surface area contributed by atoms with Crippen LogP contribution in [0.3, 0.4) is 0 Å². The molecule has 3 rings (SSSR count). The van der Waals surface area contributed by atoms with Gasteiger partial charge in [0.2, 0.25) is 10.0 Å².